The van der Waals surface area contributed by atoms with Crippen LogP contribution in [0, 0.1) is 5.82 Å². The van der Waals surface area contributed by atoms with Gasteiger partial charge in [-0.1, -0.05) is 23.4 Å². The number of carbonyl (C=O) groups excluding carboxylic acids is 1. The first-order chi connectivity index (χ1) is 12.5. The number of hydrogen-bond acceptors (Lipinski definition) is 7. The fourth-order valence-corrected chi connectivity index (χ4v) is 2.33. The summed E-state index contributed by atoms with van der Waals surface area (Å²) in [6.07, 6.45) is 2.52. The molecule has 1 fully saturated rings. The standard InChI is InChI=1S/C17H18FN5O3/c1-22(2)17(25)26-21-13-8-23(9-13)16-19-6-12(7-20-16)14-5-3-4-11(10-24)15(14)18/h3-7,24H,8-10H2,1-2H3. The van der Waals surface area contributed by atoms with Crippen LogP contribution in [0.3, 0.4) is 0 Å². The quantitative estimate of drug-likeness (QED) is 0.659. The van der Waals surface area contributed by atoms with E-state index >= 15 is 0 Å². The van der Waals surface area contributed by atoms with E-state index in [1.54, 1.807) is 26.2 Å². The maximum atomic E-state index is 14.3. The molecule has 1 aliphatic rings. The summed E-state index contributed by atoms with van der Waals surface area (Å²) in [5, 5.41) is 12.9. The average Bonchev–Trinajstić information content (AvgIpc) is 2.61. The van der Waals surface area contributed by atoms with E-state index in [9.17, 15) is 9.18 Å². The van der Waals surface area contributed by atoms with E-state index in [0.29, 0.717) is 35.9 Å². The van der Waals surface area contributed by atoms with Crippen LogP contribution >= 0.6 is 0 Å². The van der Waals surface area contributed by atoms with Gasteiger partial charge in [0.15, 0.2) is 0 Å². The number of benzene rings is 1. The highest BCUT2D eigenvalue weighted by molar-refractivity contribution is 5.99. The smallest absolute Gasteiger partial charge is 0.392 e. The Balaban J connectivity index is 1.65. The molecule has 1 N–H and O–H groups in total. The van der Waals surface area contributed by atoms with Crippen LogP contribution in [0.25, 0.3) is 11.1 Å². The molecule has 0 aliphatic carbocycles. The third kappa shape index (κ3) is 3.62. The van der Waals surface area contributed by atoms with Gasteiger partial charge in [0.25, 0.3) is 0 Å². The van der Waals surface area contributed by atoms with Gasteiger partial charge in [0.05, 0.1) is 25.4 Å². The van der Waals surface area contributed by atoms with Gasteiger partial charge >= 0.3 is 6.09 Å². The summed E-state index contributed by atoms with van der Waals surface area (Å²) >= 11 is 0. The van der Waals surface area contributed by atoms with Crippen molar-refractivity contribution in [1.82, 2.24) is 14.9 Å². The average molecular weight is 359 g/mol. The van der Waals surface area contributed by atoms with Gasteiger partial charge < -0.3 is 14.9 Å². The first kappa shape index (κ1) is 17.7. The second-order valence-electron chi connectivity index (χ2n) is 5.97. The molecule has 1 aromatic carbocycles. The van der Waals surface area contributed by atoms with Crippen molar-refractivity contribution >= 4 is 17.8 Å². The van der Waals surface area contributed by atoms with E-state index in [1.165, 1.54) is 23.4 Å². The second-order valence-corrected chi connectivity index (χ2v) is 5.97. The van der Waals surface area contributed by atoms with Crippen LogP contribution in [0.5, 0.6) is 0 Å². The molecule has 3 rings (SSSR count). The zero-order valence-corrected chi connectivity index (χ0v) is 14.4. The monoisotopic (exact) mass is 359 g/mol. The van der Waals surface area contributed by atoms with Gasteiger partial charge in [0.1, 0.15) is 5.82 Å². The van der Waals surface area contributed by atoms with Crippen LogP contribution in [0.4, 0.5) is 15.1 Å². The summed E-state index contributed by atoms with van der Waals surface area (Å²) in [6.45, 7) is 0.537. The third-order valence-electron chi connectivity index (χ3n) is 3.85. The minimum atomic E-state index is -0.538. The van der Waals surface area contributed by atoms with Crippen LogP contribution in [-0.4, -0.2) is 59.0 Å². The first-order valence-corrected chi connectivity index (χ1v) is 7.89. The lowest BCUT2D eigenvalue weighted by Crippen LogP contribution is -2.48. The van der Waals surface area contributed by atoms with Crippen LogP contribution in [0.15, 0.2) is 35.7 Å². The number of halogens is 1. The Hall–Kier alpha value is -3.07. The molecule has 1 aromatic heterocycles. The number of carbonyl (C=O) groups is 1. The molecule has 9 heteroatoms. The molecule has 0 radical (unpaired) electrons. The van der Waals surface area contributed by atoms with Crippen molar-refractivity contribution in [1.29, 1.82) is 0 Å². The summed E-state index contributed by atoms with van der Waals surface area (Å²) in [4.78, 5) is 27.7. The molecular formula is C17H18FN5O3. The number of rotatable bonds is 4. The van der Waals surface area contributed by atoms with Crippen LogP contribution in [0.2, 0.25) is 0 Å². The molecule has 1 aliphatic heterocycles. The third-order valence-corrected chi connectivity index (χ3v) is 3.85. The maximum absolute atomic E-state index is 14.3. The lowest BCUT2D eigenvalue weighted by atomic mass is 10.1. The Morgan fingerprint density at radius 2 is 2.04 bits per heavy atom. The van der Waals surface area contributed by atoms with E-state index in [1.807, 2.05) is 4.90 Å². The van der Waals surface area contributed by atoms with Gasteiger partial charge in [-0.2, -0.15) is 0 Å². The molecule has 0 unspecified atom stereocenters. The zero-order valence-electron chi connectivity index (χ0n) is 14.4. The van der Waals surface area contributed by atoms with Crippen molar-refractivity contribution < 1.29 is 19.1 Å². The van der Waals surface area contributed by atoms with Crippen molar-refractivity contribution in [2.24, 2.45) is 5.16 Å². The molecule has 8 nitrogen and oxygen atoms in total. The summed E-state index contributed by atoms with van der Waals surface area (Å²) in [5.74, 6) is -0.00205. The van der Waals surface area contributed by atoms with Gasteiger partial charge in [-0.15, -0.1) is 0 Å². The van der Waals surface area contributed by atoms with Crippen molar-refractivity contribution in [3.63, 3.8) is 0 Å². The molecular weight excluding hydrogens is 341 g/mol. The maximum Gasteiger partial charge on any atom is 0.435 e. The van der Waals surface area contributed by atoms with E-state index in [-0.39, 0.29) is 12.2 Å². The number of oxime groups is 1. The number of aliphatic hydroxyl groups is 1. The molecule has 2 aromatic rings. The molecule has 0 saturated carbocycles. The minimum Gasteiger partial charge on any atom is -0.392 e. The molecule has 136 valence electrons. The van der Waals surface area contributed by atoms with Crippen LogP contribution in [-0.2, 0) is 11.4 Å². The number of amides is 1. The van der Waals surface area contributed by atoms with Crippen molar-refractivity contribution in [2.75, 3.05) is 32.1 Å². The highest BCUT2D eigenvalue weighted by atomic mass is 19.1. The molecule has 26 heavy (non-hydrogen) atoms. The molecule has 1 saturated heterocycles. The lowest BCUT2D eigenvalue weighted by Gasteiger charge is -2.31. The number of aromatic nitrogens is 2. The predicted octanol–water partition coefficient (Wildman–Crippen LogP) is 1.65. The van der Waals surface area contributed by atoms with Crippen molar-refractivity contribution in [3.8, 4) is 11.1 Å². The van der Waals surface area contributed by atoms with Gasteiger partial charge in [-0.3, -0.25) is 4.84 Å². The fraction of sp³-hybridized carbons (Fsp3) is 0.294. The van der Waals surface area contributed by atoms with Crippen LogP contribution < -0.4 is 4.90 Å². The number of aliphatic hydroxyl groups excluding tert-OH is 1. The van der Waals surface area contributed by atoms with Crippen LogP contribution in [0.1, 0.15) is 5.56 Å². The highest BCUT2D eigenvalue weighted by Gasteiger charge is 2.25. The molecule has 0 spiro atoms. The summed E-state index contributed by atoms with van der Waals surface area (Å²) < 4.78 is 14.3. The Bertz CT molecular complexity index is 831. The number of anilines is 1. The Morgan fingerprint density at radius 3 is 2.65 bits per heavy atom. The van der Waals surface area contributed by atoms with E-state index in [2.05, 4.69) is 15.1 Å². The Morgan fingerprint density at radius 1 is 1.35 bits per heavy atom. The second kappa shape index (κ2) is 7.44. The topological polar surface area (TPSA) is 91.2 Å². The lowest BCUT2D eigenvalue weighted by molar-refractivity contribution is 0.121. The molecule has 0 bridgehead atoms. The van der Waals surface area contributed by atoms with Gasteiger partial charge in [-0.25, -0.2) is 19.2 Å². The van der Waals surface area contributed by atoms with Crippen molar-refractivity contribution in [3.05, 3.63) is 42.0 Å². The normalized spacial score (nSPS) is 13.2. The van der Waals surface area contributed by atoms with Gasteiger partial charge in [0.2, 0.25) is 5.95 Å². The highest BCUT2D eigenvalue weighted by Crippen LogP contribution is 2.25. The van der Waals surface area contributed by atoms with E-state index in [0.717, 1.165) is 0 Å². The van der Waals surface area contributed by atoms with E-state index < -0.39 is 11.9 Å². The molecule has 0 atom stereocenters. The SMILES string of the molecule is CN(C)C(=O)ON=C1CN(c2ncc(-c3cccc(CO)c3F)cn2)C1. The van der Waals surface area contributed by atoms with Gasteiger partial charge in [-0.05, 0) is 0 Å². The summed E-state index contributed by atoms with van der Waals surface area (Å²) in [5.41, 5.74) is 1.79. The summed E-state index contributed by atoms with van der Waals surface area (Å²) in [6, 6.07) is 4.81. The first-order valence-electron chi connectivity index (χ1n) is 7.89. The Labute approximate surface area is 149 Å². The largest absolute Gasteiger partial charge is 0.435 e. The number of hydrogen-bond donors (Lipinski definition) is 1. The molecule has 1 amide bonds. The minimum absolute atomic E-state index is 0.224. The van der Waals surface area contributed by atoms with Gasteiger partial charge in [0, 0.05) is 43.2 Å². The summed E-state index contributed by atoms with van der Waals surface area (Å²) in [7, 11) is 3.15. The van der Waals surface area contributed by atoms with E-state index in [4.69, 9.17) is 9.94 Å². The fourth-order valence-electron chi connectivity index (χ4n) is 2.33. The van der Waals surface area contributed by atoms with Crippen molar-refractivity contribution in [2.45, 2.75) is 6.61 Å². The number of nitrogens with zero attached hydrogens (tertiary/aromatic N) is 5. The zero-order chi connectivity index (χ0) is 18.7. The predicted molar refractivity (Wildman–Crippen MR) is 93.2 cm³/mol. The molecule has 2 heterocycles. The Kier molecular flexibility index (Phi) is 5.08.